The van der Waals surface area contributed by atoms with E-state index in [9.17, 15) is 0 Å². The zero-order valence-electron chi connectivity index (χ0n) is 12.3. The second kappa shape index (κ2) is 4.11. The molecule has 0 radical (unpaired) electrons. The van der Waals surface area contributed by atoms with E-state index in [0.717, 1.165) is 11.2 Å². The molecule has 0 atom stereocenters. The van der Waals surface area contributed by atoms with Gasteiger partial charge in [0.1, 0.15) is 11.2 Å². The summed E-state index contributed by atoms with van der Waals surface area (Å²) < 4.78 is 6.25. The van der Waals surface area contributed by atoms with Gasteiger partial charge in [-0.1, -0.05) is 54.6 Å². The quantitative estimate of drug-likeness (QED) is 0.308. The smallest absolute Gasteiger partial charge is 0.143 e. The summed E-state index contributed by atoms with van der Waals surface area (Å²) in [6, 6.07) is 23.6. The van der Waals surface area contributed by atoms with Crippen LogP contribution in [0.5, 0.6) is 0 Å². The fraction of sp³-hybridized carbons (Fsp3) is 0.0476. The Bertz CT molecular complexity index is 1180. The molecular formula is C21H14O. The molecule has 0 saturated carbocycles. The number of benzene rings is 4. The van der Waals surface area contributed by atoms with Gasteiger partial charge in [-0.3, -0.25) is 0 Å². The molecule has 104 valence electrons. The van der Waals surface area contributed by atoms with Crippen LogP contribution in [0.1, 0.15) is 5.56 Å². The molecule has 0 aliphatic carbocycles. The number of hydrogen-bond acceptors (Lipinski definition) is 1. The van der Waals surface area contributed by atoms with E-state index < -0.39 is 0 Å². The lowest BCUT2D eigenvalue weighted by Gasteiger charge is -2.04. The van der Waals surface area contributed by atoms with Gasteiger partial charge in [0, 0.05) is 16.2 Å². The number of rotatable bonds is 0. The maximum Gasteiger partial charge on any atom is 0.143 e. The van der Waals surface area contributed by atoms with Crippen molar-refractivity contribution in [2.75, 3.05) is 0 Å². The highest BCUT2D eigenvalue weighted by Crippen LogP contribution is 2.37. The molecule has 1 heteroatoms. The molecule has 0 fully saturated rings. The highest BCUT2D eigenvalue weighted by molar-refractivity contribution is 6.22. The molecule has 0 unspecified atom stereocenters. The Hall–Kier alpha value is -2.80. The molecule has 4 aromatic carbocycles. The molecule has 0 amide bonds. The van der Waals surface area contributed by atoms with Crippen molar-refractivity contribution in [1.29, 1.82) is 0 Å². The minimum Gasteiger partial charge on any atom is -0.455 e. The molecule has 5 rings (SSSR count). The fourth-order valence-corrected chi connectivity index (χ4v) is 3.43. The van der Waals surface area contributed by atoms with E-state index in [0.29, 0.717) is 0 Å². The Morgan fingerprint density at radius 1 is 0.682 bits per heavy atom. The van der Waals surface area contributed by atoms with Gasteiger partial charge < -0.3 is 4.42 Å². The van der Waals surface area contributed by atoms with Crippen LogP contribution in [0.2, 0.25) is 0 Å². The Balaban J connectivity index is 2.10. The van der Waals surface area contributed by atoms with Crippen LogP contribution in [-0.2, 0) is 0 Å². The maximum absolute atomic E-state index is 6.25. The molecule has 1 aromatic heterocycles. The summed E-state index contributed by atoms with van der Waals surface area (Å²) in [5.41, 5.74) is 3.19. The predicted molar refractivity (Wildman–Crippen MR) is 93.5 cm³/mol. The van der Waals surface area contributed by atoms with Crippen molar-refractivity contribution >= 4 is 43.5 Å². The average Bonchev–Trinajstić information content (AvgIpc) is 2.91. The molecule has 5 aromatic rings. The van der Waals surface area contributed by atoms with Crippen LogP contribution in [0.15, 0.2) is 71.1 Å². The van der Waals surface area contributed by atoms with E-state index in [1.54, 1.807) is 0 Å². The van der Waals surface area contributed by atoms with Crippen molar-refractivity contribution in [2.45, 2.75) is 6.92 Å². The van der Waals surface area contributed by atoms with Crippen LogP contribution in [0, 0.1) is 6.92 Å². The van der Waals surface area contributed by atoms with Gasteiger partial charge in [0.15, 0.2) is 0 Å². The van der Waals surface area contributed by atoms with Crippen molar-refractivity contribution < 1.29 is 4.42 Å². The normalized spacial score (nSPS) is 11.9. The minimum absolute atomic E-state index is 0.968. The van der Waals surface area contributed by atoms with Crippen LogP contribution >= 0.6 is 0 Å². The van der Waals surface area contributed by atoms with Gasteiger partial charge >= 0.3 is 0 Å². The van der Waals surface area contributed by atoms with Crippen LogP contribution in [0.4, 0.5) is 0 Å². The first-order valence-electron chi connectivity index (χ1n) is 7.54. The molecule has 0 N–H and O–H groups in total. The van der Waals surface area contributed by atoms with Crippen molar-refractivity contribution in [1.82, 2.24) is 0 Å². The van der Waals surface area contributed by atoms with E-state index in [1.165, 1.54) is 37.9 Å². The van der Waals surface area contributed by atoms with Gasteiger partial charge in [0.05, 0.1) is 0 Å². The van der Waals surface area contributed by atoms with Crippen LogP contribution in [0.25, 0.3) is 43.5 Å². The van der Waals surface area contributed by atoms with Gasteiger partial charge in [-0.15, -0.1) is 0 Å². The van der Waals surface area contributed by atoms with Crippen molar-refractivity contribution in [2.24, 2.45) is 0 Å². The maximum atomic E-state index is 6.25. The summed E-state index contributed by atoms with van der Waals surface area (Å²) in [6.07, 6.45) is 0. The first kappa shape index (κ1) is 11.8. The first-order chi connectivity index (χ1) is 10.8. The highest BCUT2D eigenvalue weighted by atomic mass is 16.3. The Kier molecular flexibility index (Phi) is 2.21. The third kappa shape index (κ3) is 1.48. The molecule has 1 heterocycles. The third-order valence-corrected chi connectivity index (χ3v) is 4.50. The topological polar surface area (TPSA) is 13.1 Å². The SMILES string of the molecule is Cc1ccc2c(c1)oc1c2ccc2ccc3ccccc3c21. The molecule has 22 heavy (non-hydrogen) atoms. The first-order valence-corrected chi connectivity index (χ1v) is 7.54. The summed E-state index contributed by atoms with van der Waals surface area (Å²) in [6.45, 7) is 2.10. The van der Waals surface area contributed by atoms with Gasteiger partial charge in [-0.05, 0) is 40.8 Å². The predicted octanol–water partition coefficient (Wildman–Crippen LogP) is 6.20. The minimum atomic E-state index is 0.968. The van der Waals surface area contributed by atoms with Crippen LogP contribution in [-0.4, -0.2) is 0 Å². The summed E-state index contributed by atoms with van der Waals surface area (Å²) in [5, 5.41) is 7.32. The molecule has 0 spiro atoms. The van der Waals surface area contributed by atoms with Gasteiger partial charge in [0.25, 0.3) is 0 Å². The van der Waals surface area contributed by atoms with E-state index in [1.807, 2.05) is 0 Å². The lowest BCUT2D eigenvalue weighted by atomic mass is 9.99. The molecule has 1 nitrogen and oxygen atoms in total. The average molecular weight is 282 g/mol. The highest BCUT2D eigenvalue weighted by Gasteiger charge is 2.12. The Morgan fingerprint density at radius 3 is 2.41 bits per heavy atom. The van der Waals surface area contributed by atoms with E-state index >= 15 is 0 Å². The lowest BCUT2D eigenvalue weighted by Crippen LogP contribution is -1.78. The monoisotopic (exact) mass is 282 g/mol. The van der Waals surface area contributed by atoms with Crippen LogP contribution in [0.3, 0.4) is 0 Å². The largest absolute Gasteiger partial charge is 0.455 e. The molecule has 0 aliphatic rings. The summed E-state index contributed by atoms with van der Waals surface area (Å²) in [4.78, 5) is 0. The van der Waals surface area contributed by atoms with Crippen molar-refractivity contribution in [3.63, 3.8) is 0 Å². The lowest BCUT2D eigenvalue weighted by molar-refractivity contribution is 0.672. The zero-order chi connectivity index (χ0) is 14.7. The van der Waals surface area contributed by atoms with Gasteiger partial charge in [-0.25, -0.2) is 0 Å². The molecule has 0 saturated heterocycles. The second-order valence-corrected chi connectivity index (χ2v) is 5.93. The van der Waals surface area contributed by atoms with Gasteiger partial charge in [-0.2, -0.15) is 0 Å². The number of hydrogen-bond donors (Lipinski definition) is 0. The number of furan rings is 1. The van der Waals surface area contributed by atoms with Gasteiger partial charge in [0.2, 0.25) is 0 Å². The summed E-state index contributed by atoms with van der Waals surface area (Å²) in [7, 11) is 0. The van der Waals surface area contributed by atoms with E-state index in [4.69, 9.17) is 4.42 Å². The van der Waals surface area contributed by atoms with Crippen LogP contribution < -0.4 is 0 Å². The fourth-order valence-electron chi connectivity index (χ4n) is 3.43. The van der Waals surface area contributed by atoms with E-state index in [2.05, 4.69) is 73.7 Å². The Labute approximate surface area is 127 Å². The molecule has 0 aliphatic heterocycles. The second-order valence-electron chi connectivity index (χ2n) is 5.93. The van der Waals surface area contributed by atoms with Crippen molar-refractivity contribution in [3.05, 3.63) is 72.3 Å². The number of aryl methyl sites for hydroxylation is 1. The number of fused-ring (bicyclic) bond motifs is 7. The van der Waals surface area contributed by atoms with E-state index in [-0.39, 0.29) is 0 Å². The molecule has 0 bridgehead atoms. The standard InChI is InChI=1S/C21H14O/c1-13-6-10-17-18-11-9-15-8-7-14-4-2-3-5-16(14)20(15)21(18)22-19(17)12-13/h2-12H,1H3. The zero-order valence-corrected chi connectivity index (χ0v) is 12.3. The summed E-state index contributed by atoms with van der Waals surface area (Å²) >= 11 is 0. The summed E-state index contributed by atoms with van der Waals surface area (Å²) in [5.74, 6) is 0. The van der Waals surface area contributed by atoms with Crippen molar-refractivity contribution in [3.8, 4) is 0 Å². The molecular weight excluding hydrogens is 268 g/mol. The Morgan fingerprint density at radius 2 is 1.45 bits per heavy atom. The third-order valence-electron chi connectivity index (χ3n) is 4.50.